The van der Waals surface area contributed by atoms with E-state index in [-0.39, 0.29) is 5.97 Å². The maximum atomic E-state index is 11.8. The van der Waals surface area contributed by atoms with Gasteiger partial charge in [-0.2, -0.15) is 0 Å². The van der Waals surface area contributed by atoms with Crippen LogP contribution in [0, 0.1) is 12.8 Å². The number of rotatable bonds is 5. The number of halogens is 1. The number of carbonyl (C=O) groups excluding carboxylic acids is 1. The first-order valence-corrected chi connectivity index (χ1v) is 6.91. The Bertz CT molecular complexity index is 458. The fourth-order valence-electron chi connectivity index (χ4n) is 2.15. The number of esters is 1. The zero-order valence-electron chi connectivity index (χ0n) is 12.3. The maximum absolute atomic E-state index is 11.8. The van der Waals surface area contributed by atoms with Crippen LogP contribution in [0.4, 0.5) is 5.69 Å². The largest absolute Gasteiger partial charge is 0.465 e. The van der Waals surface area contributed by atoms with Crippen LogP contribution >= 0.6 is 11.6 Å². The van der Waals surface area contributed by atoms with E-state index in [1.54, 1.807) is 6.07 Å². The van der Waals surface area contributed by atoms with E-state index in [0.717, 1.165) is 24.3 Å². The topological polar surface area (TPSA) is 29.5 Å². The van der Waals surface area contributed by atoms with Crippen LogP contribution in [0.15, 0.2) is 12.1 Å². The Morgan fingerprint density at radius 3 is 2.53 bits per heavy atom. The Balaban J connectivity index is 3.26. The summed E-state index contributed by atoms with van der Waals surface area (Å²) in [5.41, 5.74) is 2.45. The molecule has 1 aromatic rings. The highest BCUT2D eigenvalue weighted by Crippen LogP contribution is 2.29. The monoisotopic (exact) mass is 283 g/mol. The minimum absolute atomic E-state index is 0.346. The van der Waals surface area contributed by atoms with Gasteiger partial charge in [0, 0.05) is 23.8 Å². The molecule has 0 aromatic heterocycles. The van der Waals surface area contributed by atoms with Gasteiger partial charge >= 0.3 is 5.97 Å². The van der Waals surface area contributed by atoms with E-state index in [2.05, 4.69) is 25.7 Å². The van der Waals surface area contributed by atoms with Crippen LogP contribution in [0.25, 0.3) is 0 Å². The highest BCUT2D eigenvalue weighted by Gasteiger charge is 2.17. The van der Waals surface area contributed by atoms with Crippen LogP contribution in [0.3, 0.4) is 0 Å². The van der Waals surface area contributed by atoms with Crippen molar-refractivity contribution in [2.24, 2.45) is 5.92 Å². The van der Waals surface area contributed by atoms with Gasteiger partial charge in [0.05, 0.1) is 12.7 Å². The van der Waals surface area contributed by atoms with Crippen molar-refractivity contribution in [3.8, 4) is 0 Å². The molecular weight excluding hydrogens is 262 g/mol. The second-order valence-corrected chi connectivity index (χ2v) is 5.46. The molecular formula is C15H22ClNO2. The van der Waals surface area contributed by atoms with Crippen molar-refractivity contribution in [2.45, 2.75) is 27.7 Å². The fraction of sp³-hybridized carbons (Fsp3) is 0.533. The molecule has 0 amide bonds. The summed E-state index contributed by atoms with van der Waals surface area (Å²) in [5, 5.41) is 0.559. The molecule has 0 saturated carbocycles. The van der Waals surface area contributed by atoms with Crippen LogP contribution in [0.1, 0.15) is 36.7 Å². The van der Waals surface area contributed by atoms with Crippen molar-refractivity contribution in [1.29, 1.82) is 0 Å². The van der Waals surface area contributed by atoms with Gasteiger partial charge in [0.15, 0.2) is 0 Å². The standard InChI is InChI=1S/C15H22ClNO2/c1-6-17(9-10(2)3)14-8-12(16)7-13(11(14)4)15(18)19-5/h7-8,10H,6,9H2,1-5H3. The quantitative estimate of drug-likeness (QED) is 0.767. The second-order valence-electron chi connectivity index (χ2n) is 5.02. The molecule has 0 aliphatic rings. The second kappa shape index (κ2) is 6.80. The van der Waals surface area contributed by atoms with Crippen LogP contribution in [-0.4, -0.2) is 26.2 Å². The minimum Gasteiger partial charge on any atom is -0.465 e. The molecule has 1 rings (SSSR count). The van der Waals surface area contributed by atoms with Crippen LogP contribution in [0.2, 0.25) is 5.02 Å². The van der Waals surface area contributed by atoms with Gasteiger partial charge in [-0.3, -0.25) is 0 Å². The van der Waals surface area contributed by atoms with Gasteiger partial charge in [-0.15, -0.1) is 0 Å². The van der Waals surface area contributed by atoms with Gasteiger partial charge in [-0.05, 0) is 37.5 Å². The highest BCUT2D eigenvalue weighted by atomic mass is 35.5. The molecule has 0 bridgehead atoms. The minimum atomic E-state index is -0.346. The summed E-state index contributed by atoms with van der Waals surface area (Å²) in [4.78, 5) is 14.0. The van der Waals surface area contributed by atoms with E-state index in [0.29, 0.717) is 16.5 Å². The molecule has 0 saturated heterocycles. The van der Waals surface area contributed by atoms with Crippen molar-refractivity contribution in [2.75, 3.05) is 25.1 Å². The van der Waals surface area contributed by atoms with Crippen molar-refractivity contribution in [3.05, 3.63) is 28.3 Å². The molecule has 1 aromatic carbocycles. The van der Waals surface area contributed by atoms with E-state index in [4.69, 9.17) is 16.3 Å². The van der Waals surface area contributed by atoms with Gasteiger partial charge in [0.2, 0.25) is 0 Å². The average molecular weight is 284 g/mol. The van der Waals surface area contributed by atoms with E-state index >= 15 is 0 Å². The molecule has 4 heteroatoms. The zero-order chi connectivity index (χ0) is 14.6. The fourth-order valence-corrected chi connectivity index (χ4v) is 2.37. The summed E-state index contributed by atoms with van der Waals surface area (Å²) < 4.78 is 4.81. The Morgan fingerprint density at radius 1 is 1.42 bits per heavy atom. The van der Waals surface area contributed by atoms with Gasteiger partial charge in [-0.1, -0.05) is 25.4 Å². The predicted molar refractivity (Wildman–Crippen MR) is 80.3 cm³/mol. The number of methoxy groups -OCH3 is 1. The van der Waals surface area contributed by atoms with Crippen LogP contribution in [0.5, 0.6) is 0 Å². The van der Waals surface area contributed by atoms with E-state index < -0.39 is 0 Å². The number of hydrogen-bond donors (Lipinski definition) is 0. The molecule has 19 heavy (non-hydrogen) atoms. The molecule has 0 unspecified atom stereocenters. The van der Waals surface area contributed by atoms with Gasteiger partial charge < -0.3 is 9.64 Å². The summed E-state index contributed by atoms with van der Waals surface area (Å²) in [7, 11) is 1.38. The summed E-state index contributed by atoms with van der Waals surface area (Å²) in [6, 6.07) is 3.57. The lowest BCUT2D eigenvalue weighted by molar-refractivity contribution is 0.0600. The average Bonchev–Trinajstić information content (AvgIpc) is 2.37. The molecule has 0 radical (unpaired) electrons. The van der Waals surface area contributed by atoms with Gasteiger partial charge in [-0.25, -0.2) is 4.79 Å². The van der Waals surface area contributed by atoms with Crippen LogP contribution < -0.4 is 4.90 Å². The number of benzene rings is 1. The molecule has 0 fully saturated rings. The first kappa shape index (κ1) is 15.8. The molecule has 0 heterocycles. The van der Waals surface area contributed by atoms with Gasteiger partial charge in [0.25, 0.3) is 0 Å². The van der Waals surface area contributed by atoms with E-state index in [1.165, 1.54) is 7.11 Å². The Kier molecular flexibility index (Phi) is 5.67. The highest BCUT2D eigenvalue weighted by molar-refractivity contribution is 6.31. The third-order valence-corrected chi connectivity index (χ3v) is 3.28. The predicted octanol–water partition coefficient (Wildman–Crippen LogP) is 3.92. The number of carbonyl (C=O) groups is 1. The Hall–Kier alpha value is -1.22. The molecule has 0 aliphatic heterocycles. The molecule has 0 N–H and O–H groups in total. The summed E-state index contributed by atoms with van der Waals surface area (Å²) in [5.74, 6) is 0.196. The van der Waals surface area contributed by atoms with E-state index in [1.807, 2.05) is 13.0 Å². The molecule has 3 nitrogen and oxygen atoms in total. The lowest BCUT2D eigenvalue weighted by Crippen LogP contribution is -2.28. The summed E-state index contributed by atoms with van der Waals surface area (Å²) in [6.07, 6.45) is 0. The van der Waals surface area contributed by atoms with Crippen molar-refractivity contribution >= 4 is 23.3 Å². The smallest absolute Gasteiger partial charge is 0.338 e. The number of anilines is 1. The van der Waals surface area contributed by atoms with Crippen molar-refractivity contribution < 1.29 is 9.53 Å². The number of nitrogens with zero attached hydrogens (tertiary/aromatic N) is 1. The zero-order valence-corrected chi connectivity index (χ0v) is 13.0. The lowest BCUT2D eigenvalue weighted by Gasteiger charge is -2.27. The van der Waals surface area contributed by atoms with Gasteiger partial charge in [0.1, 0.15) is 0 Å². The first-order chi connectivity index (χ1) is 8.90. The summed E-state index contributed by atoms with van der Waals surface area (Å²) in [6.45, 7) is 10.2. The third-order valence-electron chi connectivity index (χ3n) is 3.06. The first-order valence-electron chi connectivity index (χ1n) is 6.54. The molecule has 0 aliphatic carbocycles. The Morgan fingerprint density at radius 2 is 2.05 bits per heavy atom. The third kappa shape index (κ3) is 3.87. The summed E-state index contributed by atoms with van der Waals surface area (Å²) >= 11 is 6.13. The normalized spacial score (nSPS) is 10.7. The molecule has 0 atom stereocenters. The number of ether oxygens (including phenoxy) is 1. The maximum Gasteiger partial charge on any atom is 0.338 e. The number of hydrogen-bond acceptors (Lipinski definition) is 3. The van der Waals surface area contributed by atoms with Crippen LogP contribution in [-0.2, 0) is 4.74 Å². The van der Waals surface area contributed by atoms with Crippen molar-refractivity contribution in [3.63, 3.8) is 0 Å². The molecule has 106 valence electrons. The lowest BCUT2D eigenvalue weighted by atomic mass is 10.0. The Labute approximate surface area is 120 Å². The SMILES string of the molecule is CCN(CC(C)C)c1cc(Cl)cc(C(=O)OC)c1C. The molecule has 0 spiro atoms. The van der Waals surface area contributed by atoms with Crippen molar-refractivity contribution in [1.82, 2.24) is 0 Å². The van der Waals surface area contributed by atoms with E-state index in [9.17, 15) is 4.79 Å².